The summed E-state index contributed by atoms with van der Waals surface area (Å²) in [4.78, 5) is 29.9. The Labute approximate surface area is 141 Å². The molecule has 0 saturated heterocycles. The first kappa shape index (κ1) is 17.5. The first-order valence-electron chi connectivity index (χ1n) is 7.74. The molecule has 2 amide bonds. The lowest BCUT2D eigenvalue weighted by Gasteiger charge is -2.12. The molecule has 2 aromatic rings. The minimum absolute atomic E-state index is 0.186. The summed E-state index contributed by atoms with van der Waals surface area (Å²) in [6.07, 6.45) is 1.88. The van der Waals surface area contributed by atoms with E-state index in [1.807, 2.05) is 44.1 Å². The summed E-state index contributed by atoms with van der Waals surface area (Å²) >= 11 is 0. The fraction of sp³-hybridized carbons (Fsp3) is 0.278. The maximum Gasteiger partial charge on any atom is 0.251 e. The standard InChI is InChI=1S/C18H22N4O2/c1-13-4-9-16(20-12-13)21-17(23)10-11-19-18(24)14-5-7-15(8-6-14)22(2)3/h4-9,12H,10-11H2,1-3H3,(H,19,24)(H,20,21,23). The van der Waals surface area contributed by atoms with Crippen LogP contribution in [0.4, 0.5) is 11.5 Å². The normalized spacial score (nSPS) is 10.1. The molecule has 126 valence electrons. The highest BCUT2D eigenvalue weighted by Crippen LogP contribution is 2.12. The molecule has 0 aliphatic rings. The van der Waals surface area contributed by atoms with Crippen molar-refractivity contribution in [2.75, 3.05) is 30.9 Å². The summed E-state index contributed by atoms with van der Waals surface area (Å²) in [5.41, 5.74) is 2.62. The van der Waals surface area contributed by atoms with Crippen LogP contribution in [-0.2, 0) is 4.79 Å². The molecular weight excluding hydrogens is 304 g/mol. The molecule has 0 radical (unpaired) electrons. The van der Waals surface area contributed by atoms with Gasteiger partial charge in [-0.25, -0.2) is 4.98 Å². The number of aryl methyl sites for hydroxylation is 1. The molecule has 6 heteroatoms. The van der Waals surface area contributed by atoms with Gasteiger partial charge in [0.15, 0.2) is 0 Å². The molecule has 0 unspecified atom stereocenters. The van der Waals surface area contributed by atoms with Crippen molar-refractivity contribution in [2.45, 2.75) is 13.3 Å². The number of amides is 2. The SMILES string of the molecule is Cc1ccc(NC(=O)CCNC(=O)c2ccc(N(C)C)cc2)nc1. The van der Waals surface area contributed by atoms with E-state index in [9.17, 15) is 9.59 Å². The summed E-state index contributed by atoms with van der Waals surface area (Å²) in [7, 11) is 3.88. The van der Waals surface area contributed by atoms with Crippen LogP contribution in [0.25, 0.3) is 0 Å². The molecule has 0 atom stereocenters. The Morgan fingerprint density at radius 1 is 1.08 bits per heavy atom. The van der Waals surface area contributed by atoms with Crippen LogP contribution in [0.2, 0.25) is 0 Å². The Balaban J connectivity index is 1.77. The lowest BCUT2D eigenvalue weighted by molar-refractivity contribution is -0.116. The molecular formula is C18H22N4O2. The second-order valence-electron chi connectivity index (χ2n) is 5.72. The quantitative estimate of drug-likeness (QED) is 0.853. The van der Waals surface area contributed by atoms with E-state index >= 15 is 0 Å². The molecule has 6 nitrogen and oxygen atoms in total. The zero-order valence-corrected chi connectivity index (χ0v) is 14.2. The summed E-state index contributed by atoms with van der Waals surface area (Å²) in [6, 6.07) is 10.9. The Bertz CT molecular complexity index is 694. The van der Waals surface area contributed by atoms with Gasteiger partial charge in [0.25, 0.3) is 5.91 Å². The highest BCUT2D eigenvalue weighted by Gasteiger charge is 2.08. The molecule has 1 aromatic heterocycles. The fourth-order valence-electron chi connectivity index (χ4n) is 2.05. The Morgan fingerprint density at radius 2 is 1.79 bits per heavy atom. The highest BCUT2D eigenvalue weighted by atomic mass is 16.2. The number of aromatic nitrogens is 1. The smallest absolute Gasteiger partial charge is 0.251 e. The zero-order valence-electron chi connectivity index (χ0n) is 14.2. The van der Waals surface area contributed by atoms with Crippen LogP contribution >= 0.6 is 0 Å². The van der Waals surface area contributed by atoms with Gasteiger partial charge >= 0.3 is 0 Å². The van der Waals surface area contributed by atoms with Crippen molar-refractivity contribution < 1.29 is 9.59 Å². The average molecular weight is 326 g/mol. The van der Waals surface area contributed by atoms with Crippen LogP contribution < -0.4 is 15.5 Å². The number of carbonyl (C=O) groups is 2. The second kappa shape index (κ2) is 8.10. The van der Waals surface area contributed by atoms with Crippen molar-refractivity contribution >= 4 is 23.3 Å². The topological polar surface area (TPSA) is 74.3 Å². The first-order chi connectivity index (χ1) is 11.5. The van der Waals surface area contributed by atoms with Gasteiger partial charge in [0.2, 0.25) is 5.91 Å². The third-order valence-electron chi connectivity index (χ3n) is 3.46. The van der Waals surface area contributed by atoms with Crippen molar-refractivity contribution in [1.82, 2.24) is 10.3 Å². The van der Waals surface area contributed by atoms with Gasteiger partial charge in [-0.2, -0.15) is 0 Å². The lowest BCUT2D eigenvalue weighted by Crippen LogP contribution is -2.27. The average Bonchev–Trinajstić information content (AvgIpc) is 2.57. The van der Waals surface area contributed by atoms with Crippen LogP contribution in [-0.4, -0.2) is 37.4 Å². The van der Waals surface area contributed by atoms with Crippen LogP contribution in [0.5, 0.6) is 0 Å². The van der Waals surface area contributed by atoms with Crippen LogP contribution in [0.3, 0.4) is 0 Å². The largest absolute Gasteiger partial charge is 0.378 e. The highest BCUT2D eigenvalue weighted by molar-refractivity contribution is 5.95. The predicted octanol–water partition coefficient (Wildman–Crippen LogP) is 2.21. The monoisotopic (exact) mass is 326 g/mol. The third-order valence-corrected chi connectivity index (χ3v) is 3.46. The molecule has 0 aliphatic heterocycles. The van der Waals surface area contributed by atoms with Crippen molar-refractivity contribution in [2.24, 2.45) is 0 Å². The van der Waals surface area contributed by atoms with Gasteiger partial charge in [-0.05, 0) is 42.8 Å². The van der Waals surface area contributed by atoms with E-state index in [-0.39, 0.29) is 24.8 Å². The number of nitrogens with zero attached hydrogens (tertiary/aromatic N) is 2. The molecule has 0 bridgehead atoms. The van der Waals surface area contributed by atoms with Gasteiger partial charge in [-0.15, -0.1) is 0 Å². The maximum atomic E-state index is 12.0. The number of nitrogens with one attached hydrogen (secondary N) is 2. The van der Waals surface area contributed by atoms with Gasteiger partial charge in [0, 0.05) is 44.5 Å². The van der Waals surface area contributed by atoms with E-state index in [0.29, 0.717) is 11.4 Å². The molecule has 0 fully saturated rings. The molecule has 1 heterocycles. The van der Waals surface area contributed by atoms with Crippen molar-refractivity contribution in [1.29, 1.82) is 0 Å². The number of carbonyl (C=O) groups excluding carboxylic acids is 2. The number of benzene rings is 1. The number of hydrogen-bond donors (Lipinski definition) is 2. The number of rotatable bonds is 6. The predicted molar refractivity (Wildman–Crippen MR) is 95.3 cm³/mol. The molecule has 0 saturated carbocycles. The molecule has 2 N–H and O–H groups in total. The number of anilines is 2. The van der Waals surface area contributed by atoms with E-state index in [2.05, 4.69) is 15.6 Å². The molecule has 0 spiro atoms. The van der Waals surface area contributed by atoms with E-state index < -0.39 is 0 Å². The second-order valence-corrected chi connectivity index (χ2v) is 5.72. The van der Waals surface area contributed by atoms with Crippen LogP contribution in [0.15, 0.2) is 42.6 Å². The van der Waals surface area contributed by atoms with E-state index in [1.165, 1.54) is 0 Å². The number of pyridine rings is 1. The van der Waals surface area contributed by atoms with Crippen molar-refractivity contribution in [3.63, 3.8) is 0 Å². The summed E-state index contributed by atoms with van der Waals surface area (Å²) in [6.45, 7) is 2.20. The minimum Gasteiger partial charge on any atom is -0.378 e. The van der Waals surface area contributed by atoms with Gasteiger partial charge in [-0.1, -0.05) is 6.07 Å². The summed E-state index contributed by atoms with van der Waals surface area (Å²) < 4.78 is 0. The molecule has 24 heavy (non-hydrogen) atoms. The first-order valence-corrected chi connectivity index (χ1v) is 7.74. The molecule has 1 aromatic carbocycles. The fourth-order valence-corrected chi connectivity index (χ4v) is 2.05. The summed E-state index contributed by atoms with van der Waals surface area (Å²) in [5, 5.41) is 5.44. The van der Waals surface area contributed by atoms with Crippen LogP contribution in [0, 0.1) is 6.92 Å². The lowest BCUT2D eigenvalue weighted by atomic mass is 10.2. The van der Waals surface area contributed by atoms with Gasteiger partial charge in [0.05, 0.1) is 0 Å². The van der Waals surface area contributed by atoms with E-state index in [0.717, 1.165) is 11.3 Å². The third kappa shape index (κ3) is 5.08. The maximum absolute atomic E-state index is 12.0. The Morgan fingerprint density at radius 3 is 2.38 bits per heavy atom. The molecule has 0 aliphatic carbocycles. The van der Waals surface area contributed by atoms with Crippen molar-refractivity contribution in [3.8, 4) is 0 Å². The Hall–Kier alpha value is -2.89. The summed E-state index contributed by atoms with van der Waals surface area (Å²) in [5.74, 6) is 0.132. The Kier molecular flexibility index (Phi) is 5.89. The minimum atomic E-state index is -0.193. The van der Waals surface area contributed by atoms with Crippen molar-refractivity contribution in [3.05, 3.63) is 53.7 Å². The van der Waals surface area contributed by atoms with Gasteiger partial charge in [-0.3, -0.25) is 9.59 Å². The number of hydrogen-bond acceptors (Lipinski definition) is 4. The zero-order chi connectivity index (χ0) is 17.5. The van der Waals surface area contributed by atoms with Gasteiger partial charge < -0.3 is 15.5 Å². The van der Waals surface area contributed by atoms with Gasteiger partial charge in [0.1, 0.15) is 5.82 Å². The van der Waals surface area contributed by atoms with E-state index in [1.54, 1.807) is 24.4 Å². The van der Waals surface area contributed by atoms with E-state index in [4.69, 9.17) is 0 Å². The van der Waals surface area contributed by atoms with Crippen LogP contribution in [0.1, 0.15) is 22.3 Å². The molecule has 2 rings (SSSR count).